The van der Waals surface area contributed by atoms with E-state index in [1.165, 1.54) is 12.1 Å². The fourth-order valence-corrected chi connectivity index (χ4v) is 3.31. The molecule has 0 unspecified atom stereocenters. The minimum Gasteiger partial charge on any atom is -0.308 e. The van der Waals surface area contributed by atoms with E-state index in [1.54, 1.807) is 36.4 Å². The first-order valence-electron chi connectivity index (χ1n) is 8.14. The van der Waals surface area contributed by atoms with Crippen molar-refractivity contribution in [3.05, 3.63) is 78.4 Å². The lowest BCUT2D eigenvalue weighted by atomic mass is 10.1. The van der Waals surface area contributed by atoms with Gasteiger partial charge in [-0.1, -0.05) is 48.0 Å². The van der Waals surface area contributed by atoms with Crippen molar-refractivity contribution in [3.8, 4) is 11.1 Å². The lowest BCUT2D eigenvalue weighted by molar-refractivity contribution is 0.262. The summed E-state index contributed by atoms with van der Waals surface area (Å²) in [6.45, 7) is 1.96. The van der Waals surface area contributed by atoms with Gasteiger partial charge in [0.1, 0.15) is 4.90 Å². The molecule has 0 fully saturated rings. The molecule has 3 rings (SSSR count). The van der Waals surface area contributed by atoms with Crippen LogP contribution in [-0.4, -0.2) is 19.0 Å². The van der Waals surface area contributed by atoms with Gasteiger partial charge in [0, 0.05) is 16.9 Å². The van der Waals surface area contributed by atoms with Gasteiger partial charge in [-0.05, 0) is 42.8 Å². The van der Waals surface area contributed by atoms with E-state index in [1.807, 2.05) is 31.2 Å². The summed E-state index contributed by atoms with van der Waals surface area (Å²) >= 11 is 0. The molecule has 0 radical (unpaired) electrons. The molecule has 0 atom stereocenters. The summed E-state index contributed by atoms with van der Waals surface area (Å²) in [6.07, 6.45) is 0. The Bertz CT molecular complexity index is 1060. The van der Waals surface area contributed by atoms with Crippen LogP contribution in [0.2, 0.25) is 0 Å². The van der Waals surface area contributed by atoms with E-state index in [0.717, 1.165) is 5.56 Å². The van der Waals surface area contributed by atoms with Crippen LogP contribution in [0.4, 0.5) is 16.2 Å². The van der Waals surface area contributed by atoms with Crippen molar-refractivity contribution in [2.45, 2.75) is 11.8 Å². The molecule has 0 aliphatic carbocycles. The largest absolute Gasteiger partial charge is 0.323 e. The Balaban J connectivity index is 1.74. The number of aryl methyl sites for hydroxylation is 1. The zero-order chi connectivity index (χ0) is 19.4. The molecule has 0 bridgehead atoms. The van der Waals surface area contributed by atoms with Crippen LogP contribution in [0.5, 0.6) is 0 Å². The smallest absolute Gasteiger partial charge is 0.308 e. The molecule has 0 aliphatic rings. The van der Waals surface area contributed by atoms with Crippen LogP contribution < -0.4 is 10.6 Å². The van der Waals surface area contributed by atoms with Crippen LogP contribution in [0.15, 0.2) is 77.7 Å². The van der Waals surface area contributed by atoms with Crippen molar-refractivity contribution in [1.29, 1.82) is 0 Å². The summed E-state index contributed by atoms with van der Waals surface area (Å²) in [5.74, 6) is 0. The van der Waals surface area contributed by atoms with E-state index in [2.05, 4.69) is 10.6 Å². The summed E-state index contributed by atoms with van der Waals surface area (Å²) in [5, 5.41) is 5.44. The van der Waals surface area contributed by atoms with Crippen molar-refractivity contribution >= 4 is 27.5 Å². The third-order valence-corrected chi connectivity index (χ3v) is 4.84. The van der Waals surface area contributed by atoms with Gasteiger partial charge >= 0.3 is 6.03 Å². The number of rotatable bonds is 4. The first-order chi connectivity index (χ1) is 12.8. The number of benzene rings is 3. The molecule has 0 saturated carbocycles. The van der Waals surface area contributed by atoms with Crippen LogP contribution in [-0.2, 0) is 10.1 Å². The molecule has 0 heterocycles. The predicted octanol–water partition coefficient (Wildman–Crippen LogP) is 4.55. The van der Waals surface area contributed by atoms with Gasteiger partial charge in [0.05, 0.1) is 0 Å². The molecule has 0 spiro atoms. The third kappa shape index (κ3) is 4.72. The summed E-state index contributed by atoms with van der Waals surface area (Å²) in [7, 11) is -4.33. The molecule has 3 aromatic carbocycles. The van der Waals surface area contributed by atoms with Gasteiger partial charge in [-0.25, -0.2) is 4.79 Å². The predicted molar refractivity (Wildman–Crippen MR) is 106 cm³/mol. The number of urea groups is 1. The maximum absolute atomic E-state index is 12.1. The zero-order valence-corrected chi connectivity index (χ0v) is 15.3. The van der Waals surface area contributed by atoms with Crippen molar-refractivity contribution in [1.82, 2.24) is 0 Å². The van der Waals surface area contributed by atoms with Crippen molar-refractivity contribution < 1.29 is 17.8 Å². The number of amides is 2. The summed E-state index contributed by atoms with van der Waals surface area (Å²) in [6, 6.07) is 19.9. The van der Waals surface area contributed by atoms with Gasteiger partial charge in [-0.15, -0.1) is 0 Å². The maximum Gasteiger partial charge on any atom is 0.323 e. The standard InChI is InChI=1S/C20H18N2O4S/c1-14-6-10-16(11-7-14)21-20(23)22-17-12-8-15(9-13-17)18-4-2-3-5-19(18)27(24,25)26/h2-13H,1H3,(H2,21,22,23)(H,24,25,26). The number of hydrogen-bond donors (Lipinski definition) is 3. The van der Waals surface area contributed by atoms with Crippen molar-refractivity contribution in [2.24, 2.45) is 0 Å². The molecule has 27 heavy (non-hydrogen) atoms. The number of nitrogens with one attached hydrogen (secondary N) is 2. The highest BCUT2D eigenvalue weighted by atomic mass is 32.2. The van der Waals surface area contributed by atoms with Crippen molar-refractivity contribution in [3.63, 3.8) is 0 Å². The average Bonchev–Trinajstić information content (AvgIpc) is 2.63. The maximum atomic E-state index is 12.1. The highest BCUT2D eigenvalue weighted by Gasteiger charge is 2.15. The molecule has 0 aliphatic heterocycles. The lowest BCUT2D eigenvalue weighted by Gasteiger charge is -2.10. The molecule has 3 aromatic rings. The monoisotopic (exact) mass is 382 g/mol. The number of hydrogen-bond acceptors (Lipinski definition) is 3. The van der Waals surface area contributed by atoms with E-state index >= 15 is 0 Å². The van der Waals surface area contributed by atoms with Crippen LogP contribution in [0.1, 0.15) is 5.56 Å². The second-order valence-corrected chi connectivity index (χ2v) is 7.38. The van der Waals surface area contributed by atoms with E-state index < -0.39 is 10.1 Å². The lowest BCUT2D eigenvalue weighted by Crippen LogP contribution is -2.19. The number of carbonyl (C=O) groups is 1. The first kappa shape index (κ1) is 18.6. The molecule has 2 amide bonds. The van der Waals surface area contributed by atoms with Gasteiger partial charge < -0.3 is 10.6 Å². The Morgan fingerprint density at radius 2 is 1.33 bits per heavy atom. The second-order valence-electron chi connectivity index (χ2n) is 5.99. The summed E-state index contributed by atoms with van der Waals surface area (Å²) in [5.41, 5.74) is 3.31. The quantitative estimate of drug-likeness (QED) is 0.577. The van der Waals surface area contributed by atoms with E-state index in [4.69, 9.17) is 0 Å². The molecule has 0 saturated heterocycles. The molecule has 6 nitrogen and oxygen atoms in total. The van der Waals surface area contributed by atoms with Crippen LogP contribution >= 0.6 is 0 Å². The Morgan fingerprint density at radius 3 is 1.89 bits per heavy atom. The topological polar surface area (TPSA) is 95.5 Å². The third-order valence-electron chi connectivity index (χ3n) is 3.93. The van der Waals surface area contributed by atoms with E-state index in [0.29, 0.717) is 22.5 Å². The van der Waals surface area contributed by atoms with Gasteiger partial charge in [-0.3, -0.25) is 4.55 Å². The SMILES string of the molecule is Cc1ccc(NC(=O)Nc2ccc(-c3ccccc3S(=O)(=O)O)cc2)cc1. The minimum atomic E-state index is -4.33. The van der Waals surface area contributed by atoms with Gasteiger partial charge in [0.25, 0.3) is 10.1 Å². The average molecular weight is 382 g/mol. The Labute approximate surface area is 157 Å². The Kier molecular flexibility index (Phi) is 5.25. The Morgan fingerprint density at radius 1 is 0.815 bits per heavy atom. The molecule has 7 heteroatoms. The van der Waals surface area contributed by atoms with Crippen LogP contribution in [0, 0.1) is 6.92 Å². The number of carbonyl (C=O) groups excluding carboxylic acids is 1. The fraction of sp³-hybridized carbons (Fsp3) is 0.0500. The second kappa shape index (κ2) is 7.61. The normalized spacial score (nSPS) is 11.0. The molecule has 138 valence electrons. The molecular weight excluding hydrogens is 364 g/mol. The highest BCUT2D eigenvalue weighted by molar-refractivity contribution is 7.86. The molecular formula is C20H18N2O4S. The van der Waals surface area contributed by atoms with E-state index in [9.17, 15) is 17.8 Å². The van der Waals surface area contributed by atoms with Gasteiger partial charge in [-0.2, -0.15) is 8.42 Å². The fourth-order valence-electron chi connectivity index (χ4n) is 2.59. The van der Waals surface area contributed by atoms with E-state index in [-0.39, 0.29) is 10.9 Å². The molecule has 0 aromatic heterocycles. The van der Waals surface area contributed by atoms with Crippen molar-refractivity contribution in [2.75, 3.05) is 10.6 Å². The highest BCUT2D eigenvalue weighted by Crippen LogP contribution is 2.28. The number of anilines is 2. The molecule has 3 N–H and O–H groups in total. The summed E-state index contributed by atoms with van der Waals surface area (Å²) < 4.78 is 32.4. The van der Waals surface area contributed by atoms with Crippen LogP contribution in [0.25, 0.3) is 11.1 Å². The Hall–Kier alpha value is -3.16. The summed E-state index contributed by atoms with van der Waals surface area (Å²) in [4.78, 5) is 11.9. The van der Waals surface area contributed by atoms with Gasteiger partial charge in [0.2, 0.25) is 0 Å². The van der Waals surface area contributed by atoms with Gasteiger partial charge in [0.15, 0.2) is 0 Å². The van der Waals surface area contributed by atoms with Crippen LogP contribution in [0.3, 0.4) is 0 Å². The first-order valence-corrected chi connectivity index (χ1v) is 9.58. The minimum absolute atomic E-state index is 0.164. The zero-order valence-electron chi connectivity index (χ0n) is 14.5.